The fraction of sp³-hybridized carbons (Fsp3) is 0.409. The SMILES string of the molecule is COc1ccc([C@@H]2Nc3c(C(=O)O)cccc3[C@@H]3[C@H]4CC[C@@H](C4)[C@H]32)cc1[N+](=O)[O-]. The molecule has 2 N–H and O–H groups in total. The second kappa shape index (κ2) is 6.47. The van der Waals surface area contributed by atoms with Crippen LogP contribution in [0.1, 0.15) is 52.7 Å². The summed E-state index contributed by atoms with van der Waals surface area (Å²) in [5.74, 6) is 0.950. The normalized spacial score (nSPS) is 28.9. The quantitative estimate of drug-likeness (QED) is 0.580. The van der Waals surface area contributed by atoms with Gasteiger partial charge < -0.3 is 15.2 Å². The van der Waals surface area contributed by atoms with Gasteiger partial charge in [0.2, 0.25) is 0 Å². The summed E-state index contributed by atoms with van der Waals surface area (Å²) in [6.45, 7) is 0. The van der Waals surface area contributed by atoms with Crippen LogP contribution in [-0.4, -0.2) is 23.1 Å². The van der Waals surface area contributed by atoms with Crippen molar-refractivity contribution in [2.45, 2.75) is 31.2 Å². The van der Waals surface area contributed by atoms with Gasteiger partial charge in [-0.25, -0.2) is 4.79 Å². The Morgan fingerprint density at radius 2 is 2.03 bits per heavy atom. The van der Waals surface area contributed by atoms with Crippen LogP contribution in [-0.2, 0) is 0 Å². The highest BCUT2D eigenvalue weighted by atomic mass is 16.6. The van der Waals surface area contributed by atoms with E-state index in [-0.39, 0.29) is 29.0 Å². The predicted molar refractivity (Wildman–Crippen MR) is 106 cm³/mol. The molecule has 0 amide bonds. The van der Waals surface area contributed by atoms with Crippen molar-refractivity contribution in [3.05, 3.63) is 63.2 Å². The lowest BCUT2D eigenvalue weighted by Crippen LogP contribution is -2.36. The molecule has 2 aliphatic carbocycles. The third kappa shape index (κ3) is 2.60. The van der Waals surface area contributed by atoms with Gasteiger partial charge in [0.1, 0.15) is 0 Å². The lowest BCUT2D eigenvalue weighted by molar-refractivity contribution is -0.385. The summed E-state index contributed by atoms with van der Waals surface area (Å²) in [6.07, 6.45) is 3.47. The number of para-hydroxylation sites is 1. The summed E-state index contributed by atoms with van der Waals surface area (Å²) in [5.41, 5.74) is 2.75. The summed E-state index contributed by atoms with van der Waals surface area (Å²) < 4.78 is 5.15. The molecule has 2 saturated carbocycles. The maximum atomic E-state index is 11.8. The molecule has 1 heterocycles. The van der Waals surface area contributed by atoms with Crippen LogP contribution in [0, 0.1) is 27.9 Å². The molecular weight excluding hydrogens is 372 g/mol. The van der Waals surface area contributed by atoms with Crippen molar-refractivity contribution in [1.29, 1.82) is 0 Å². The molecule has 5 atom stereocenters. The average Bonchev–Trinajstić information content (AvgIpc) is 3.34. The number of rotatable bonds is 4. The molecule has 150 valence electrons. The predicted octanol–water partition coefficient (Wildman–Crippen LogP) is 4.60. The Bertz CT molecular complexity index is 1020. The van der Waals surface area contributed by atoms with E-state index in [1.807, 2.05) is 18.2 Å². The van der Waals surface area contributed by atoms with E-state index in [4.69, 9.17) is 4.74 Å². The van der Waals surface area contributed by atoms with Gasteiger partial charge >= 0.3 is 11.7 Å². The summed E-state index contributed by atoms with van der Waals surface area (Å²) in [5, 5.41) is 24.7. The number of aromatic carboxylic acids is 1. The molecule has 0 spiro atoms. The van der Waals surface area contributed by atoms with Crippen LogP contribution in [0.3, 0.4) is 0 Å². The monoisotopic (exact) mass is 394 g/mol. The Hall–Kier alpha value is -3.09. The Morgan fingerprint density at radius 3 is 2.76 bits per heavy atom. The molecule has 0 saturated heterocycles. The second-order valence-electron chi connectivity index (χ2n) is 8.32. The molecule has 5 rings (SSSR count). The van der Waals surface area contributed by atoms with Gasteiger partial charge in [-0.3, -0.25) is 10.1 Å². The summed E-state index contributed by atoms with van der Waals surface area (Å²) >= 11 is 0. The third-order valence-corrected chi connectivity index (χ3v) is 7.11. The van der Waals surface area contributed by atoms with Crippen molar-refractivity contribution in [1.82, 2.24) is 0 Å². The molecule has 0 aromatic heterocycles. The first-order chi connectivity index (χ1) is 14.0. The highest BCUT2D eigenvalue weighted by molar-refractivity contribution is 5.95. The van der Waals surface area contributed by atoms with E-state index in [1.165, 1.54) is 7.11 Å². The van der Waals surface area contributed by atoms with Gasteiger partial charge in [-0.2, -0.15) is 0 Å². The Kier molecular flexibility index (Phi) is 4.01. The van der Waals surface area contributed by atoms with Crippen LogP contribution in [0.4, 0.5) is 11.4 Å². The average molecular weight is 394 g/mol. The smallest absolute Gasteiger partial charge is 0.337 e. The van der Waals surface area contributed by atoms with Crippen molar-refractivity contribution in [3.8, 4) is 5.75 Å². The van der Waals surface area contributed by atoms with E-state index in [1.54, 1.807) is 18.2 Å². The van der Waals surface area contributed by atoms with Gasteiger partial charge in [-0.1, -0.05) is 18.2 Å². The van der Waals surface area contributed by atoms with Crippen LogP contribution < -0.4 is 10.1 Å². The van der Waals surface area contributed by atoms with Gasteiger partial charge in [0, 0.05) is 6.07 Å². The number of hydrogen-bond donors (Lipinski definition) is 2. The molecule has 0 unspecified atom stereocenters. The summed E-state index contributed by atoms with van der Waals surface area (Å²) in [4.78, 5) is 23.0. The van der Waals surface area contributed by atoms with Crippen LogP contribution in [0.15, 0.2) is 36.4 Å². The lowest BCUT2D eigenvalue weighted by Gasteiger charge is -2.44. The zero-order chi connectivity index (χ0) is 20.3. The van der Waals surface area contributed by atoms with Gasteiger partial charge in [0.15, 0.2) is 5.75 Å². The minimum atomic E-state index is -0.963. The number of benzene rings is 2. The first kappa shape index (κ1) is 18.0. The van der Waals surface area contributed by atoms with Crippen LogP contribution in [0.5, 0.6) is 5.75 Å². The zero-order valence-electron chi connectivity index (χ0n) is 16.0. The maximum absolute atomic E-state index is 11.8. The van der Waals surface area contributed by atoms with Gasteiger partial charge in [-0.05, 0) is 66.2 Å². The fourth-order valence-electron chi connectivity index (χ4n) is 6.06. The van der Waals surface area contributed by atoms with Crippen LogP contribution >= 0.6 is 0 Å². The number of ether oxygens (including phenoxy) is 1. The molecule has 1 aliphatic heterocycles. The first-order valence-electron chi connectivity index (χ1n) is 9.94. The van der Waals surface area contributed by atoms with Crippen LogP contribution in [0.25, 0.3) is 0 Å². The van der Waals surface area contributed by atoms with Gasteiger partial charge in [-0.15, -0.1) is 0 Å². The van der Waals surface area contributed by atoms with E-state index in [0.717, 1.165) is 30.4 Å². The molecule has 3 aliphatic rings. The number of nitrogens with one attached hydrogen (secondary N) is 1. The number of carboxylic acids is 1. The minimum Gasteiger partial charge on any atom is -0.490 e. The highest BCUT2D eigenvalue weighted by Gasteiger charge is 2.54. The molecule has 2 aromatic carbocycles. The van der Waals surface area contributed by atoms with Crippen molar-refractivity contribution in [3.63, 3.8) is 0 Å². The topological polar surface area (TPSA) is 102 Å². The number of methoxy groups -OCH3 is 1. The zero-order valence-corrected chi connectivity index (χ0v) is 16.0. The van der Waals surface area contributed by atoms with E-state index in [9.17, 15) is 20.0 Å². The number of hydrogen-bond acceptors (Lipinski definition) is 5. The molecule has 2 aromatic rings. The van der Waals surface area contributed by atoms with Crippen LogP contribution in [0.2, 0.25) is 0 Å². The van der Waals surface area contributed by atoms with E-state index in [2.05, 4.69) is 5.32 Å². The molecule has 2 fully saturated rings. The molecule has 0 radical (unpaired) electrons. The largest absolute Gasteiger partial charge is 0.490 e. The lowest BCUT2D eigenvalue weighted by atomic mass is 9.67. The molecular formula is C22H22N2O5. The summed E-state index contributed by atoms with van der Waals surface area (Å²) in [6, 6.07) is 10.4. The van der Waals surface area contributed by atoms with Gasteiger partial charge in [0.25, 0.3) is 0 Å². The molecule has 29 heavy (non-hydrogen) atoms. The van der Waals surface area contributed by atoms with Crippen molar-refractivity contribution >= 4 is 17.3 Å². The minimum absolute atomic E-state index is 0.0659. The van der Waals surface area contributed by atoms with E-state index in [0.29, 0.717) is 23.4 Å². The third-order valence-electron chi connectivity index (χ3n) is 7.11. The second-order valence-corrected chi connectivity index (χ2v) is 8.32. The van der Waals surface area contributed by atoms with Gasteiger partial charge in [0.05, 0.1) is 29.3 Å². The maximum Gasteiger partial charge on any atom is 0.337 e. The van der Waals surface area contributed by atoms with E-state index < -0.39 is 10.9 Å². The van der Waals surface area contributed by atoms with Crippen molar-refractivity contribution < 1.29 is 19.6 Å². The van der Waals surface area contributed by atoms with Crippen molar-refractivity contribution in [2.24, 2.45) is 17.8 Å². The number of nitro benzene ring substituents is 1. The summed E-state index contributed by atoms with van der Waals surface area (Å²) in [7, 11) is 1.42. The number of carbonyl (C=O) groups is 1. The fourth-order valence-corrected chi connectivity index (χ4v) is 6.06. The van der Waals surface area contributed by atoms with E-state index >= 15 is 0 Å². The number of nitro groups is 1. The number of fused-ring (bicyclic) bond motifs is 7. The van der Waals surface area contributed by atoms with Crippen molar-refractivity contribution in [2.75, 3.05) is 12.4 Å². The number of nitrogens with zero attached hydrogens (tertiary/aromatic N) is 1. The Morgan fingerprint density at radius 1 is 1.24 bits per heavy atom. The molecule has 2 bridgehead atoms. The first-order valence-corrected chi connectivity index (χ1v) is 9.94. The Balaban J connectivity index is 1.66. The molecule has 7 heteroatoms. The Labute approximate surface area is 167 Å². The molecule has 7 nitrogen and oxygen atoms in total. The number of anilines is 1. The highest BCUT2D eigenvalue weighted by Crippen LogP contribution is 2.64. The standard InChI is InChI=1S/C22H22N2O5/c1-29-17-8-7-13(10-16(17)24(27)28)20-19-12-6-5-11(9-12)18(19)14-3-2-4-15(22(25)26)21(14)23-20/h2-4,7-8,10-12,18-20,23H,5-6,9H2,1H3,(H,25,26)/t11-,12-,18-,19+,20-/m0/s1. The number of carboxylic acid groups (broad SMARTS) is 1.